The van der Waals surface area contributed by atoms with Gasteiger partial charge in [-0.2, -0.15) is 5.26 Å². The first-order chi connectivity index (χ1) is 9.08. The van der Waals surface area contributed by atoms with Crippen molar-refractivity contribution in [1.82, 2.24) is 5.32 Å². The molecule has 1 aliphatic rings. The van der Waals surface area contributed by atoms with E-state index >= 15 is 0 Å². The summed E-state index contributed by atoms with van der Waals surface area (Å²) in [7, 11) is 1.86. The summed E-state index contributed by atoms with van der Waals surface area (Å²) in [5, 5.41) is 12.5. The molecular weight excluding hydrogens is 236 g/mol. The van der Waals surface area contributed by atoms with Crippen LogP contribution in [0.25, 0.3) is 0 Å². The molecule has 2 atom stereocenters. The Morgan fingerprint density at radius 2 is 2.16 bits per heavy atom. The highest BCUT2D eigenvalue weighted by atomic mass is 16.5. The molecule has 0 amide bonds. The van der Waals surface area contributed by atoms with E-state index in [2.05, 4.69) is 37.4 Å². The van der Waals surface area contributed by atoms with E-state index in [4.69, 9.17) is 4.74 Å². The maximum Gasteiger partial charge on any atom is 0.120 e. The van der Waals surface area contributed by atoms with Crippen LogP contribution in [0.15, 0.2) is 18.2 Å². The molecular formula is C16H22N2O. The number of hydrogen-bond donors (Lipinski definition) is 1. The molecule has 0 aliphatic heterocycles. The Morgan fingerprint density at radius 3 is 2.79 bits per heavy atom. The van der Waals surface area contributed by atoms with E-state index in [9.17, 15) is 5.26 Å². The van der Waals surface area contributed by atoms with Gasteiger partial charge in [0.25, 0.3) is 0 Å². The number of nitrogens with one attached hydrogen (secondary N) is 1. The maximum absolute atomic E-state index is 9.34. The van der Waals surface area contributed by atoms with Crippen molar-refractivity contribution >= 4 is 0 Å². The lowest BCUT2D eigenvalue weighted by Gasteiger charge is -2.35. The first-order valence-corrected chi connectivity index (χ1v) is 6.93. The van der Waals surface area contributed by atoms with Crippen molar-refractivity contribution in [2.45, 2.75) is 51.2 Å². The van der Waals surface area contributed by atoms with E-state index in [0.717, 1.165) is 31.4 Å². The van der Waals surface area contributed by atoms with Gasteiger partial charge in [0.2, 0.25) is 0 Å². The third-order valence-corrected chi connectivity index (χ3v) is 4.18. The summed E-state index contributed by atoms with van der Waals surface area (Å²) < 4.78 is 6.06. The third kappa shape index (κ3) is 3.08. The van der Waals surface area contributed by atoms with Gasteiger partial charge in [-0.1, -0.05) is 6.07 Å². The standard InChI is InChI=1S/C16H22N2O/c1-12-6-7-14(9-13(12)2)19-15-5-4-8-16(10-15,11-17)18-3/h6-7,9,15,18H,4-5,8,10H2,1-3H3. The SMILES string of the molecule is CNC1(C#N)CCCC(Oc2ccc(C)c(C)c2)C1. The average Bonchev–Trinajstić information content (AvgIpc) is 2.43. The summed E-state index contributed by atoms with van der Waals surface area (Å²) in [5.74, 6) is 0.915. The lowest BCUT2D eigenvalue weighted by Crippen LogP contribution is -2.48. The highest BCUT2D eigenvalue weighted by molar-refractivity contribution is 5.34. The summed E-state index contributed by atoms with van der Waals surface area (Å²) in [6.45, 7) is 4.19. The summed E-state index contributed by atoms with van der Waals surface area (Å²) in [6.07, 6.45) is 3.85. The van der Waals surface area contributed by atoms with Gasteiger partial charge >= 0.3 is 0 Å². The molecule has 0 heterocycles. The van der Waals surface area contributed by atoms with Gasteiger partial charge in [0.05, 0.1) is 6.07 Å². The Morgan fingerprint density at radius 1 is 1.37 bits per heavy atom. The molecule has 1 N–H and O–H groups in total. The van der Waals surface area contributed by atoms with Gasteiger partial charge in [-0.05, 0) is 63.4 Å². The molecule has 1 saturated carbocycles. The lowest BCUT2D eigenvalue weighted by molar-refractivity contribution is 0.116. The second-order valence-corrected chi connectivity index (χ2v) is 5.53. The van der Waals surface area contributed by atoms with Gasteiger partial charge < -0.3 is 10.1 Å². The van der Waals surface area contributed by atoms with Crippen molar-refractivity contribution in [3.8, 4) is 11.8 Å². The van der Waals surface area contributed by atoms with Gasteiger partial charge in [0, 0.05) is 6.42 Å². The molecule has 3 heteroatoms. The fourth-order valence-corrected chi connectivity index (χ4v) is 2.69. The van der Waals surface area contributed by atoms with Gasteiger partial charge in [-0.25, -0.2) is 0 Å². The molecule has 19 heavy (non-hydrogen) atoms. The van der Waals surface area contributed by atoms with Crippen LogP contribution >= 0.6 is 0 Å². The number of hydrogen-bond acceptors (Lipinski definition) is 3. The number of rotatable bonds is 3. The summed E-state index contributed by atoms with van der Waals surface area (Å²) in [6, 6.07) is 8.60. The zero-order chi connectivity index (χ0) is 13.9. The molecule has 3 nitrogen and oxygen atoms in total. The predicted octanol–water partition coefficient (Wildman–Crippen LogP) is 3.11. The van der Waals surface area contributed by atoms with Gasteiger partial charge in [0.1, 0.15) is 17.4 Å². The fourth-order valence-electron chi connectivity index (χ4n) is 2.69. The predicted molar refractivity (Wildman–Crippen MR) is 76.2 cm³/mol. The third-order valence-electron chi connectivity index (χ3n) is 4.18. The normalized spacial score (nSPS) is 26.7. The number of benzene rings is 1. The first-order valence-electron chi connectivity index (χ1n) is 6.93. The highest BCUT2D eigenvalue weighted by Gasteiger charge is 2.36. The molecule has 1 aromatic carbocycles. The van der Waals surface area contributed by atoms with E-state index in [-0.39, 0.29) is 6.10 Å². The van der Waals surface area contributed by atoms with Crippen molar-refractivity contribution < 1.29 is 4.74 Å². The maximum atomic E-state index is 9.34. The fraction of sp³-hybridized carbons (Fsp3) is 0.562. The van der Waals surface area contributed by atoms with Crippen LogP contribution in [0, 0.1) is 25.2 Å². The van der Waals surface area contributed by atoms with Crippen LogP contribution in [-0.4, -0.2) is 18.7 Å². The molecule has 102 valence electrons. The zero-order valence-corrected chi connectivity index (χ0v) is 12.0. The van der Waals surface area contributed by atoms with Crippen LogP contribution in [0.1, 0.15) is 36.8 Å². The monoisotopic (exact) mass is 258 g/mol. The topological polar surface area (TPSA) is 45.0 Å². The number of aryl methyl sites for hydroxylation is 2. The smallest absolute Gasteiger partial charge is 0.120 e. The molecule has 1 aliphatic carbocycles. The van der Waals surface area contributed by atoms with Crippen LogP contribution in [0.2, 0.25) is 0 Å². The van der Waals surface area contributed by atoms with Crippen molar-refractivity contribution in [3.63, 3.8) is 0 Å². The Bertz CT molecular complexity index is 492. The number of nitrogens with zero attached hydrogens (tertiary/aromatic N) is 1. The van der Waals surface area contributed by atoms with Crippen molar-refractivity contribution in [3.05, 3.63) is 29.3 Å². The number of ether oxygens (including phenoxy) is 1. The molecule has 1 fully saturated rings. The molecule has 1 aromatic rings. The minimum Gasteiger partial charge on any atom is -0.490 e. The number of nitriles is 1. The van der Waals surface area contributed by atoms with Crippen LogP contribution < -0.4 is 10.1 Å². The lowest BCUT2D eigenvalue weighted by atomic mass is 9.81. The van der Waals surface area contributed by atoms with Gasteiger partial charge in [-0.3, -0.25) is 0 Å². The Kier molecular flexibility index (Phi) is 4.11. The largest absolute Gasteiger partial charge is 0.490 e. The van der Waals surface area contributed by atoms with Gasteiger partial charge in [0.15, 0.2) is 0 Å². The molecule has 0 spiro atoms. The van der Waals surface area contributed by atoms with Crippen LogP contribution in [0.3, 0.4) is 0 Å². The Labute approximate surface area is 115 Å². The highest BCUT2D eigenvalue weighted by Crippen LogP contribution is 2.31. The molecule has 2 unspecified atom stereocenters. The quantitative estimate of drug-likeness (QED) is 0.906. The van der Waals surface area contributed by atoms with E-state index in [1.165, 1.54) is 11.1 Å². The van der Waals surface area contributed by atoms with E-state index in [1.54, 1.807) is 0 Å². The second-order valence-electron chi connectivity index (χ2n) is 5.53. The Hall–Kier alpha value is -1.53. The molecule has 2 rings (SSSR count). The van der Waals surface area contributed by atoms with Crippen molar-refractivity contribution in [2.75, 3.05) is 7.05 Å². The summed E-state index contributed by atoms with van der Waals surface area (Å²) in [5.41, 5.74) is 2.11. The minimum atomic E-state index is -0.414. The molecule has 0 bridgehead atoms. The van der Waals surface area contributed by atoms with Crippen LogP contribution in [0.4, 0.5) is 0 Å². The average molecular weight is 258 g/mol. The molecule has 0 aromatic heterocycles. The first kappa shape index (κ1) is 13.9. The zero-order valence-electron chi connectivity index (χ0n) is 12.0. The molecule has 0 saturated heterocycles. The summed E-state index contributed by atoms with van der Waals surface area (Å²) >= 11 is 0. The van der Waals surface area contributed by atoms with Crippen molar-refractivity contribution in [1.29, 1.82) is 5.26 Å². The van der Waals surface area contributed by atoms with E-state index in [0.29, 0.717) is 0 Å². The van der Waals surface area contributed by atoms with E-state index < -0.39 is 5.54 Å². The van der Waals surface area contributed by atoms with Crippen LogP contribution in [-0.2, 0) is 0 Å². The van der Waals surface area contributed by atoms with Gasteiger partial charge in [-0.15, -0.1) is 0 Å². The summed E-state index contributed by atoms with van der Waals surface area (Å²) in [4.78, 5) is 0. The van der Waals surface area contributed by atoms with Crippen molar-refractivity contribution in [2.24, 2.45) is 0 Å². The minimum absolute atomic E-state index is 0.128. The Balaban J connectivity index is 2.07. The second kappa shape index (κ2) is 5.63. The van der Waals surface area contributed by atoms with E-state index in [1.807, 2.05) is 13.1 Å². The van der Waals surface area contributed by atoms with Crippen LogP contribution in [0.5, 0.6) is 5.75 Å². The molecule has 0 radical (unpaired) electrons.